The van der Waals surface area contributed by atoms with Gasteiger partial charge in [-0.05, 0) is 56.9 Å². The summed E-state index contributed by atoms with van der Waals surface area (Å²) in [7, 11) is 4.01. The molecule has 0 unspecified atom stereocenters. The zero-order chi connectivity index (χ0) is 25.6. The summed E-state index contributed by atoms with van der Waals surface area (Å²) in [6.07, 6.45) is -3.02. The second kappa shape index (κ2) is 11.3. The van der Waals surface area contributed by atoms with E-state index in [1.165, 1.54) is 47.3 Å². The highest BCUT2D eigenvalue weighted by atomic mass is 19.4. The third-order valence-corrected chi connectivity index (χ3v) is 5.27. The molecular weight excluding hydrogens is 456 g/mol. The summed E-state index contributed by atoms with van der Waals surface area (Å²) >= 11 is 0. The fourth-order valence-electron chi connectivity index (χ4n) is 3.53. The van der Waals surface area contributed by atoms with Crippen LogP contribution >= 0.6 is 0 Å². The van der Waals surface area contributed by atoms with E-state index in [0.717, 1.165) is 24.7 Å². The largest absolute Gasteiger partial charge is 0.417 e. The summed E-state index contributed by atoms with van der Waals surface area (Å²) in [4.78, 5) is 2.06. The molecule has 35 heavy (non-hydrogen) atoms. The normalized spacial score (nSPS) is 11.3. The Morgan fingerprint density at radius 1 is 0.886 bits per heavy atom. The third kappa shape index (κ3) is 6.55. The van der Waals surface area contributed by atoms with Gasteiger partial charge in [-0.3, -0.25) is 0 Å². The van der Waals surface area contributed by atoms with E-state index in [9.17, 15) is 17.6 Å². The van der Waals surface area contributed by atoms with Crippen molar-refractivity contribution >= 4 is 0 Å². The van der Waals surface area contributed by atoms with Crippen molar-refractivity contribution in [2.24, 2.45) is 5.73 Å². The Hall–Kier alpha value is -3.49. The molecule has 0 atom stereocenters. The lowest BCUT2D eigenvalue weighted by molar-refractivity contribution is -0.137. The zero-order valence-corrected chi connectivity index (χ0v) is 19.9. The molecule has 0 aliphatic rings. The van der Waals surface area contributed by atoms with Crippen molar-refractivity contribution in [2.45, 2.75) is 13.1 Å². The number of hydrogen-bond acceptors (Lipinski definition) is 3. The summed E-state index contributed by atoms with van der Waals surface area (Å²) in [5, 5.41) is 4.37. The third-order valence-electron chi connectivity index (χ3n) is 5.27. The Labute approximate surface area is 202 Å². The molecule has 1 aromatic heterocycles. The smallest absolute Gasteiger partial charge is 0.329 e. The minimum absolute atomic E-state index is 0.0115. The van der Waals surface area contributed by atoms with E-state index in [1.807, 2.05) is 33.2 Å². The predicted octanol–water partition coefficient (Wildman–Crippen LogP) is 6.18. The van der Waals surface area contributed by atoms with Gasteiger partial charge in [0.25, 0.3) is 0 Å². The number of halogens is 4. The SMILES string of the molecule is CN(C)CCN.Cc1ccc(-n2ncc(-c3ccc(F)cc3)c2-c2ccccc2C(F)(F)F)cc1. The number of likely N-dealkylation sites (N-methyl/N-ethyl adjacent to an activating group) is 1. The molecule has 0 aliphatic carbocycles. The first kappa shape index (κ1) is 26.1. The standard InChI is InChI=1S/C23H16F4N2.C4H12N2/c1-15-6-12-18(13-7-15)29-22(19-4-2-3-5-21(19)23(25,26)27)20(14-28-29)16-8-10-17(24)11-9-16;1-6(2)4-3-5/h2-14H,1H3;3-5H2,1-2H3. The van der Waals surface area contributed by atoms with Crippen LogP contribution in [0.5, 0.6) is 0 Å². The van der Waals surface area contributed by atoms with E-state index < -0.39 is 17.6 Å². The maximum atomic E-state index is 13.7. The summed E-state index contributed by atoms with van der Waals surface area (Å²) in [6, 6.07) is 18.4. The highest BCUT2D eigenvalue weighted by Gasteiger charge is 2.35. The molecule has 0 bridgehead atoms. The number of rotatable bonds is 5. The van der Waals surface area contributed by atoms with Crippen LogP contribution in [0.25, 0.3) is 28.1 Å². The lowest BCUT2D eigenvalue weighted by Gasteiger charge is -2.16. The number of hydrogen-bond donors (Lipinski definition) is 1. The molecule has 0 spiro atoms. The predicted molar refractivity (Wildman–Crippen MR) is 132 cm³/mol. The molecule has 0 amide bonds. The summed E-state index contributed by atoms with van der Waals surface area (Å²) in [6.45, 7) is 3.67. The van der Waals surface area contributed by atoms with Crippen molar-refractivity contribution in [1.82, 2.24) is 14.7 Å². The van der Waals surface area contributed by atoms with Crippen LogP contribution in [0.2, 0.25) is 0 Å². The Morgan fingerprint density at radius 3 is 2.06 bits per heavy atom. The summed E-state index contributed by atoms with van der Waals surface area (Å²) in [5.74, 6) is -0.420. The topological polar surface area (TPSA) is 47.1 Å². The second-order valence-corrected chi connectivity index (χ2v) is 8.30. The van der Waals surface area contributed by atoms with Crippen LogP contribution in [0.15, 0.2) is 79.0 Å². The molecule has 3 aromatic carbocycles. The second-order valence-electron chi connectivity index (χ2n) is 8.30. The van der Waals surface area contributed by atoms with Crippen LogP contribution in [0, 0.1) is 12.7 Å². The van der Waals surface area contributed by atoms with Gasteiger partial charge in [-0.15, -0.1) is 0 Å². The van der Waals surface area contributed by atoms with Gasteiger partial charge in [0, 0.05) is 24.2 Å². The molecule has 0 radical (unpaired) electrons. The van der Waals surface area contributed by atoms with Crippen LogP contribution < -0.4 is 5.73 Å². The zero-order valence-electron chi connectivity index (χ0n) is 19.9. The maximum absolute atomic E-state index is 13.7. The van der Waals surface area contributed by atoms with Gasteiger partial charge in [0.1, 0.15) is 5.82 Å². The summed E-state index contributed by atoms with van der Waals surface area (Å²) in [5.41, 5.74) is 7.47. The molecule has 0 aliphatic heterocycles. The van der Waals surface area contributed by atoms with Gasteiger partial charge in [-0.1, -0.05) is 48.0 Å². The first-order chi connectivity index (χ1) is 16.6. The van der Waals surface area contributed by atoms with E-state index in [4.69, 9.17) is 5.73 Å². The first-order valence-corrected chi connectivity index (χ1v) is 11.0. The van der Waals surface area contributed by atoms with Crippen molar-refractivity contribution < 1.29 is 17.6 Å². The Balaban J connectivity index is 0.000000509. The monoisotopic (exact) mass is 484 g/mol. The first-order valence-electron chi connectivity index (χ1n) is 11.0. The van der Waals surface area contributed by atoms with Crippen molar-refractivity contribution in [2.75, 3.05) is 27.2 Å². The van der Waals surface area contributed by atoms with Gasteiger partial charge in [0.2, 0.25) is 0 Å². The molecule has 0 fully saturated rings. The van der Waals surface area contributed by atoms with Gasteiger partial charge in [0.05, 0.1) is 23.1 Å². The molecule has 4 rings (SSSR count). The molecule has 0 saturated carbocycles. The fraction of sp³-hybridized carbons (Fsp3) is 0.222. The quantitative estimate of drug-likeness (QED) is 0.344. The van der Waals surface area contributed by atoms with Crippen LogP contribution in [0.4, 0.5) is 17.6 Å². The Morgan fingerprint density at radius 2 is 1.51 bits per heavy atom. The minimum atomic E-state index is -4.53. The van der Waals surface area contributed by atoms with E-state index in [-0.39, 0.29) is 5.56 Å². The lowest BCUT2D eigenvalue weighted by Crippen LogP contribution is -2.20. The fourth-order valence-corrected chi connectivity index (χ4v) is 3.53. The highest BCUT2D eigenvalue weighted by Crippen LogP contribution is 2.41. The number of nitrogens with two attached hydrogens (primary N) is 1. The van der Waals surface area contributed by atoms with Crippen molar-refractivity contribution in [3.05, 3.63) is 95.9 Å². The van der Waals surface area contributed by atoms with Gasteiger partial charge >= 0.3 is 6.18 Å². The van der Waals surface area contributed by atoms with Crippen LogP contribution in [0.3, 0.4) is 0 Å². The Bertz CT molecular complexity index is 1160. The molecule has 184 valence electrons. The van der Waals surface area contributed by atoms with E-state index in [1.54, 1.807) is 18.2 Å². The minimum Gasteiger partial charge on any atom is -0.329 e. The van der Waals surface area contributed by atoms with Gasteiger partial charge < -0.3 is 10.6 Å². The van der Waals surface area contributed by atoms with Crippen molar-refractivity contribution in [1.29, 1.82) is 0 Å². The molecule has 2 N–H and O–H groups in total. The molecule has 4 nitrogen and oxygen atoms in total. The van der Waals surface area contributed by atoms with E-state index >= 15 is 0 Å². The maximum Gasteiger partial charge on any atom is 0.417 e. The number of nitrogens with zero attached hydrogens (tertiary/aromatic N) is 3. The lowest BCUT2D eigenvalue weighted by atomic mass is 9.97. The Kier molecular flexibility index (Phi) is 8.43. The van der Waals surface area contributed by atoms with Gasteiger partial charge in [-0.2, -0.15) is 18.3 Å². The van der Waals surface area contributed by atoms with Gasteiger partial charge in [0.15, 0.2) is 0 Å². The molecule has 0 saturated heterocycles. The average molecular weight is 485 g/mol. The van der Waals surface area contributed by atoms with Crippen LogP contribution in [-0.4, -0.2) is 41.9 Å². The van der Waals surface area contributed by atoms with Crippen molar-refractivity contribution in [3.63, 3.8) is 0 Å². The molecule has 4 aromatic rings. The van der Waals surface area contributed by atoms with Crippen molar-refractivity contribution in [3.8, 4) is 28.1 Å². The number of benzene rings is 3. The average Bonchev–Trinajstić information content (AvgIpc) is 3.25. The van der Waals surface area contributed by atoms with E-state index in [0.29, 0.717) is 22.5 Å². The number of aryl methyl sites for hydroxylation is 1. The molecular formula is C27H28F4N4. The summed E-state index contributed by atoms with van der Waals surface area (Å²) < 4.78 is 56.1. The number of alkyl halides is 3. The van der Waals surface area contributed by atoms with E-state index in [2.05, 4.69) is 10.00 Å². The number of aromatic nitrogens is 2. The van der Waals surface area contributed by atoms with Crippen LogP contribution in [-0.2, 0) is 6.18 Å². The highest BCUT2D eigenvalue weighted by molar-refractivity contribution is 5.83. The molecule has 8 heteroatoms. The van der Waals surface area contributed by atoms with Gasteiger partial charge in [-0.25, -0.2) is 9.07 Å². The molecule has 1 heterocycles. The van der Waals surface area contributed by atoms with Crippen LogP contribution in [0.1, 0.15) is 11.1 Å².